The summed E-state index contributed by atoms with van der Waals surface area (Å²) in [6, 6.07) is 10.9. The number of benzene rings is 2. The number of amides is 2. The van der Waals surface area contributed by atoms with Gasteiger partial charge in [-0.1, -0.05) is 34.8 Å². The minimum atomic E-state index is -0.541. The van der Waals surface area contributed by atoms with Crippen LogP contribution in [0.15, 0.2) is 48.7 Å². The van der Waals surface area contributed by atoms with Gasteiger partial charge < -0.3 is 20.1 Å². The van der Waals surface area contributed by atoms with Gasteiger partial charge in [0, 0.05) is 30.4 Å². The number of halogens is 3. The number of aromatic nitrogens is 2. The Morgan fingerprint density at radius 2 is 1.76 bits per heavy atom. The minimum absolute atomic E-state index is 0.0415. The lowest BCUT2D eigenvalue weighted by molar-refractivity contribution is 0.190. The third kappa shape index (κ3) is 6.39. The Morgan fingerprint density at radius 1 is 1.09 bits per heavy atom. The molecule has 8 nitrogen and oxygen atoms in total. The Morgan fingerprint density at radius 3 is 2.36 bits per heavy atom. The molecule has 1 heterocycles. The summed E-state index contributed by atoms with van der Waals surface area (Å²) in [7, 11) is 3.17. The lowest BCUT2D eigenvalue weighted by Crippen LogP contribution is -2.32. The summed E-state index contributed by atoms with van der Waals surface area (Å²) in [4.78, 5) is 23.5. The summed E-state index contributed by atoms with van der Waals surface area (Å²) in [5.41, 5.74) is 0.761. The number of ether oxygens (including phenoxy) is 2. The second-order valence-electron chi connectivity index (χ2n) is 6.95. The van der Waals surface area contributed by atoms with Crippen LogP contribution in [0.25, 0.3) is 0 Å². The van der Waals surface area contributed by atoms with Crippen molar-refractivity contribution < 1.29 is 14.3 Å². The smallest absolute Gasteiger partial charge is 0.332 e. The third-order valence-electron chi connectivity index (χ3n) is 4.43. The van der Waals surface area contributed by atoms with Crippen molar-refractivity contribution in [1.29, 1.82) is 0 Å². The van der Waals surface area contributed by atoms with Crippen LogP contribution in [0, 0.1) is 0 Å². The van der Waals surface area contributed by atoms with Crippen molar-refractivity contribution in [2.45, 2.75) is 13.0 Å². The quantitative estimate of drug-likeness (QED) is 0.372. The van der Waals surface area contributed by atoms with Crippen LogP contribution >= 0.6 is 34.8 Å². The molecule has 3 rings (SSSR count). The highest BCUT2D eigenvalue weighted by Crippen LogP contribution is 2.35. The number of nitrogens with zero attached hydrogens (tertiary/aromatic N) is 3. The fourth-order valence-corrected chi connectivity index (χ4v) is 3.88. The van der Waals surface area contributed by atoms with Gasteiger partial charge in [-0.25, -0.2) is 14.7 Å². The first-order valence-electron chi connectivity index (χ1n) is 9.80. The Hall–Kier alpha value is -2.78. The van der Waals surface area contributed by atoms with Crippen molar-refractivity contribution in [2.24, 2.45) is 0 Å². The largest absolute Gasteiger partial charge is 0.497 e. The second kappa shape index (κ2) is 11.4. The summed E-state index contributed by atoms with van der Waals surface area (Å²) < 4.78 is 10.4. The maximum absolute atomic E-state index is 13.4. The van der Waals surface area contributed by atoms with Crippen molar-refractivity contribution in [2.75, 3.05) is 36.4 Å². The van der Waals surface area contributed by atoms with Crippen LogP contribution in [-0.2, 0) is 4.74 Å². The van der Waals surface area contributed by atoms with Crippen molar-refractivity contribution in [3.8, 4) is 5.75 Å². The number of nitrogens with one attached hydrogen (secondary N) is 2. The Kier molecular flexibility index (Phi) is 8.57. The zero-order chi connectivity index (χ0) is 24.0. The van der Waals surface area contributed by atoms with Crippen LogP contribution < -0.4 is 20.3 Å². The average Bonchev–Trinajstić information content (AvgIpc) is 2.77. The van der Waals surface area contributed by atoms with Gasteiger partial charge in [0.1, 0.15) is 11.6 Å². The molecule has 11 heteroatoms. The van der Waals surface area contributed by atoms with E-state index in [0.29, 0.717) is 34.8 Å². The number of methoxy groups -OCH3 is 2. The summed E-state index contributed by atoms with van der Waals surface area (Å²) in [5, 5.41) is 6.64. The normalized spacial score (nSPS) is 11.6. The first-order chi connectivity index (χ1) is 15.8. The van der Waals surface area contributed by atoms with E-state index in [1.807, 2.05) is 6.92 Å². The molecule has 33 heavy (non-hydrogen) atoms. The molecule has 0 spiro atoms. The van der Waals surface area contributed by atoms with E-state index in [1.54, 1.807) is 50.7 Å². The van der Waals surface area contributed by atoms with E-state index in [9.17, 15) is 4.79 Å². The van der Waals surface area contributed by atoms with Gasteiger partial charge in [-0.3, -0.25) is 0 Å². The molecule has 1 atom stereocenters. The van der Waals surface area contributed by atoms with Crippen LogP contribution in [0.2, 0.25) is 15.1 Å². The van der Waals surface area contributed by atoms with Crippen LogP contribution in [0.4, 0.5) is 27.9 Å². The van der Waals surface area contributed by atoms with Crippen LogP contribution in [0.3, 0.4) is 0 Å². The van der Waals surface area contributed by atoms with Crippen LogP contribution in [0.5, 0.6) is 5.75 Å². The summed E-state index contributed by atoms with van der Waals surface area (Å²) >= 11 is 18.5. The Balaban J connectivity index is 1.99. The van der Waals surface area contributed by atoms with Gasteiger partial charge in [0.25, 0.3) is 0 Å². The van der Waals surface area contributed by atoms with E-state index in [0.717, 1.165) is 0 Å². The Bertz CT molecular complexity index is 1090. The molecule has 0 aliphatic carbocycles. The maximum atomic E-state index is 13.4. The molecule has 0 saturated carbocycles. The molecule has 0 radical (unpaired) electrons. The third-order valence-corrected chi connectivity index (χ3v) is 5.25. The average molecular weight is 511 g/mol. The zero-order valence-corrected chi connectivity index (χ0v) is 20.4. The maximum Gasteiger partial charge on any atom is 0.332 e. The molecule has 2 amide bonds. The minimum Gasteiger partial charge on any atom is -0.497 e. The molecule has 0 fully saturated rings. The lowest BCUT2D eigenvalue weighted by atomic mass is 10.2. The van der Waals surface area contributed by atoms with Gasteiger partial charge in [-0.05, 0) is 43.3 Å². The molecular weight excluding hydrogens is 489 g/mol. The Labute approximate surface area is 206 Å². The van der Waals surface area contributed by atoms with Crippen molar-refractivity contribution >= 4 is 64.0 Å². The van der Waals surface area contributed by atoms with E-state index >= 15 is 0 Å². The SMILES string of the molecule is COCC(C)Nc1nccc(N(C(=O)Nc2c(Cl)cc(Cl)cc2Cl)c2ccc(OC)cc2)n1. The molecule has 0 aliphatic heterocycles. The summed E-state index contributed by atoms with van der Waals surface area (Å²) in [6.45, 7) is 2.39. The van der Waals surface area contributed by atoms with Gasteiger partial charge in [0.05, 0.1) is 35.1 Å². The van der Waals surface area contributed by atoms with Gasteiger partial charge in [0.15, 0.2) is 0 Å². The number of urea groups is 1. The van der Waals surface area contributed by atoms with Crippen LogP contribution in [-0.4, -0.2) is 42.9 Å². The van der Waals surface area contributed by atoms with Gasteiger partial charge in [0.2, 0.25) is 5.95 Å². The molecule has 2 N–H and O–H groups in total. The number of carbonyl (C=O) groups excluding carboxylic acids is 1. The van der Waals surface area contributed by atoms with Gasteiger partial charge in [-0.15, -0.1) is 0 Å². The topological polar surface area (TPSA) is 88.6 Å². The van der Waals surface area contributed by atoms with Gasteiger partial charge in [-0.2, -0.15) is 4.98 Å². The van der Waals surface area contributed by atoms with Crippen LogP contribution in [0.1, 0.15) is 6.92 Å². The van der Waals surface area contributed by atoms with E-state index in [2.05, 4.69) is 20.6 Å². The second-order valence-corrected chi connectivity index (χ2v) is 8.20. The summed E-state index contributed by atoms with van der Waals surface area (Å²) in [6.07, 6.45) is 1.55. The molecule has 174 valence electrons. The molecule has 2 aromatic carbocycles. The van der Waals surface area contributed by atoms with E-state index < -0.39 is 6.03 Å². The van der Waals surface area contributed by atoms with E-state index in [-0.39, 0.29) is 21.8 Å². The summed E-state index contributed by atoms with van der Waals surface area (Å²) in [5.74, 6) is 1.30. The highest BCUT2D eigenvalue weighted by molar-refractivity contribution is 6.42. The highest BCUT2D eigenvalue weighted by atomic mass is 35.5. The monoisotopic (exact) mass is 509 g/mol. The standard InChI is InChI=1S/C22H22Cl3N5O3/c1-13(12-32-2)27-21-26-9-8-19(28-21)30(15-4-6-16(33-3)7-5-15)22(31)29-20-17(24)10-14(23)11-18(20)25/h4-11,13H,12H2,1-3H3,(H,29,31)(H,26,27,28). The zero-order valence-electron chi connectivity index (χ0n) is 18.1. The van der Waals surface area contributed by atoms with Gasteiger partial charge >= 0.3 is 6.03 Å². The van der Waals surface area contributed by atoms with Crippen molar-refractivity contribution in [3.05, 3.63) is 63.7 Å². The molecule has 0 saturated heterocycles. The fraction of sp³-hybridized carbons (Fsp3) is 0.227. The molecule has 1 unspecified atom stereocenters. The predicted octanol–water partition coefficient (Wildman–Crippen LogP) is 6.26. The predicted molar refractivity (Wildman–Crippen MR) is 133 cm³/mol. The molecule has 0 aliphatic rings. The number of hydrogen-bond donors (Lipinski definition) is 2. The first-order valence-corrected chi connectivity index (χ1v) is 10.9. The first kappa shape index (κ1) is 24.9. The van der Waals surface area contributed by atoms with E-state index in [4.69, 9.17) is 44.3 Å². The molecule has 3 aromatic rings. The van der Waals surface area contributed by atoms with E-state index in [1.165, 1.54) is 17.0 Å². The number of carbonyl (C=O) groups is 1. The fourth-order valence-electron chi connectivity index (χ4n) is 2.96. The number of hydrogen-bond acceptors (Lipinski definition) is 6. The van der Waals surface area contributed by atoms with Crippen molar-refractivity contribution in [1.82, 2.24) is 9.97 Å². The lowest BCUT2D eigenvalue weighted by Gasteiger charge is -2.24. The molecule has 1 aromatic heterocycles. The number of rotatable bonds is 8. The molecular formula is C22H22Cl3N5O3. The number of anilines is 4. The highest BCUT2D eigenvalue weighted by Gasteiger charge is 2.23. The van der Waals surface area contributed by atoms with Crippen molar-refractivity contribution in [3.63, 3.8) is 0 Å². The molecule has 0 bridgehead atoms.